The molecule has 0 spiro atoms. The highest BCUT2D eigenvalue weighted by molar-refractivity contribution is 5.97. The van der Waals surface area contributed by atoms with Crippen LogP contribution in [0, 0.1) is 0 Å². The smallest absolute Gasteiger partial charge is 0.322 e. The lowest BCUT2D eigenvalue weighted by molar-refractivity contribution is -0.0848. The molecule has 1 aromatic carbocycles. The first-order chi connectivity index (χ1) is 15.3. The van der Waals surface area contributed by atoms with Crippen molar-refractivity contribution in [2.75, 3.05) is 19.4 Å². The molecular formula is C22H25N5O5. The second-order valence-electron chi connectivity index (χ2n) is 8.45. The molecule has 0 saturated carbocycles. The zero-order chi connectivity index (χ0) is 22.6. The second kappa shape index (κ2) is 7.82. The minimum Gasteiger partial charge on any atom is -0.387 e. The molecule has 2 aromatic heterocycles. The van der Waals surface area contributed by atoms with Crippen LogP contribution < -0.4 is 5.32 Å². The average molecular weight is 439 g/mol. The molecule has 1 fully saturated rings. The number of rotatable bonds is 4. The predicted molar refractivity (Wildman–Crippen MR) is 115 cm³/mol. The van der Waals surface area contributed by atoms with E-state index in [-0.39, 0.29) is 6.03 Å². The Bertz CT molecular complexity index is 1180. The van der Waals surface area contributed by atoms with Gasteiger partial charge in [-0.2, -0.15) is 0 Å². The lowest BCUT2D eigenvalue weighted by Crippen LogP contribution is -2.35. The van der Waals surface area contributed by atoms with Crippen molar-refractivity contribution in [1.82, 2.24) is 19.4 Å². The summed E-state index contributed by atoms with van der Waals surface area (Å²) in [5, 5.41) is 35.5. The molecule has 1 aliphatic heterocycles. The summed E-state index contributed by atoms with van der Waals surface area (Å²) in [6, 6.07) is 7.09. The van der Waals surface area contributed by atoms with E-state index in [9.17, 15) is 20.1 Å². The number of hydrogen-bond donors (Lipinski definition) is 4. The zero-order valence-electron chi connectivity index (χ0n) is 17.7. The summed E-state index contributed by atoms with van der Waals surface area (Å²) < 4.78 is 7.53. The Balaban J connectivity index is 1.42. The lowest BCUT2D eigenvalue weighted by atomic mass is 9.85. The number of aromatic nitrogens is 3. The summed E-state index contributed by atoms with van der Waals surface area (Å²) in [7, 11) is 3.24. The topological polar surface area (TPSA) is 133 Å². The molecule has 5 atom stereocenters. The third-order valence-electron chi connectivity index (χ3n) is 6.24. The largest absolute Gasteiger partial charge is 0.387 e. The summed E-state index contributed by atoms with van der Waals surface area (Å²) in [6.45, 7) is 0. The van der Waals surface area contributed by atoms with Crippen LogP contribution in [0.2, 0.25) is 0 Å². The zero-order valence-corrected chi connectivity index (χ0v) is 17.7. The molecule has 3 aromatic rings. The van der Waals surface area contributed by atoms with Crippen LogP contribution in [0.1, 0.15) is 29.0 Å². The molecule has 32 heavy (non-hydrogen) atoms. The molecule has 0 radical (unpaired) electrons. The van der Waals surface area contributed by atoms with Crippen molar-refractivity contribution >= 4 is 22.9 Å². The minimum absolute atomic E-state index is 0.319. The summed E-state index contributed by atoms with van der Waals surface area (Å²) in [5.41, 5.74) is 3.52. The number of benzene rings is 1. The predicted octanol–water partition coefficient (Wildman–Crippen LogP) is 0.976. The number of carbonyl (C=O) groups excluding carboxylic acids is 1. The third kappa shape index (κ3) is 3.32. The van der Waals surface area contributed by atoms with Crippen LogP contribution in [0.15, 0.2) is 36.8 Å². The van der Waals surface area contributed by atoms with E-state index in [4.69, 9.17) is 4.74 Å². The first kappa shape index (κ1) is 20.8. The summed E-state index contributed by atoms with van der Waals surface area (Å²) in [6.07, 6.45) is -0.713. The van der Waals surface area contributed by atoms with Gasteiger partial charge in [0, 0.05) is 20.3 Å². The Morgan fingerprint density at radius 2 is 1.97 bits per heavy atom. The second-order valence-corrected chi connectivity index (χ2v) is 8.45. The Hall–Kier alpha value is -3.05. The van der Waals surface area contributed by atoms with E-state index in [0.29, 0.717) is 22.4 Å². The molecule has 1 saturated heterocycles. The van der Waals surface area contributed by atoms with Gasteiger partial charge in [-0.05, 0) is 35.6 Å². The summed E-state index contributed by atoms with van der Waals surface area (Å²) in [4.78, 5) is 21.8. The van der Waals surface area contributed by atoms with Gasteiger partial charge in [0.05, 0.1) is 5.39 Å². The van der Waals surface area contributed by atoms with Gasteiger partial charge in [0.2, 0.25) is 0 Å². The fraction of sp³-hybridized carbons (Fsp3) is 0.409. The van der Waals surface area contributed by atoms with E-state index >= 15 is 0 Å². The lowest BCUT2D eigenvalue weighted by Gasteiger charge is -2.25. The number of hydrogen-bond acceptors (Lipinski definition) is 7. The maximum absolute atomic E-state index is 12.0. The molecule has 4 N–H and O–H groups in total. The van der Waals surface area contributed by atoms with Gasteiger partial charge in [0.15, 0.2) is 6.23 Å². The molecule has 2 amide bonds. The highest BCUT2D eigenvalue weighted by atomic mass is 16.6. The SMILES string of the molecule is CN(C)C(=O)Nc1ncnc2c1ccn2[C@@H]1O[C@H]([C@H](O)c2ccc3c(c2)CC3)[C@@H](O)[C@H]1O. The van der Waals surface area contributed by atoms with Crippen molar-refractivity contribution in [3.63, 3.8) is 0 Å². The van der Waals surface area contributed by atoms with Gasteiger partial charge >= 0.3 is 6.03 Å². The number of anilines is 1. The number of ether oxygens (including phenoxy) is 1. The Morgan fingerprint density at radius 3 is 2.66 bits per heavy atom. The van der Waals surface area contributed by atoms with Crippen LogP contribution in [0.4, 0.5) is 10.6 Å². The van der Waals surface area contributed by atoms with Crippen LogP contribution in [0.25, 0.3) is 11.0 Å². The number of aliphatic hydroxyl groups excluding tert-OH is 3. The maximum atomic E-state index is 12.0. The van der Waals surface area contributed by atoms with Gasteiger partial charge < -0.3 is 29.5 Å². The highest BCUT2D eigenvalue weighted by Crippen LogP contribution is 2.38. The molecule has 168 valence electrons. The van der Waals surface area contributed by atoms with Gasteiger partial charge in [-0.15, -0.1) is 0 Å². The first-order valence-corrected chi connectivity index (χ1v) is 10.5. The normalized spacial score (nSPS) is 25.3. The number of nitrogens with zero attached hydrogens (tertiary/aromatic N) is 4. The average Bonchev–Trinajstić information content (AvgIpc) is 3.30. The monoisotopic (exact) mass is 439 g/mol. The molecule has 0 unspecified atom stereocenters. The number of aliphatic hydroxyl groups is 3. The Kier molecular flexibility index (Phi) is 5.09. The molecule has 0 bridgehead atoms. The fourth-order valence-electron chi connectivity index (χ4n) is 4.25. The fourth-order valence-corrected chi connectivity index (χ4v) is 4.25. The van der Waals surface area contributed by atoms with Crippen molar-refractivity contribution in [2.24, 2.45) is 0 Å². The molecular weight excluding hydrogens is 414 g/mol. The molecule has 10 heteroatoms. The molecule has 1 aliphatic carbocycles. The van der Waals surface area contributed by atoms with Gasteiger partial charge in [-0.3, -0.25) is 5.32 Å². The van der Waals surface area contributed by atoms with Crippen LogP contribution >= 0.6 is 0 Å². The van der Waals surface area contributed by atoms with E-state index < -0.39 is 30.6 Å². The van der Waals surface area contributed by atoms with E-state index in [1.165, 1.54) is 22.4 Å². The summed E-state index contributed by atoms with van der Waals surface area (Å²) in [5.74, 6) is 0.319. The highest BCUT2D eigenvalue weighted by Gasteiger charge is 2.47. The first-order valence-electron chi connectivity index (χ1n) is 10.5. The van der Waals surface area contributed by atoms with E-state index in [1.54, 1.807) is 30.9 Å². The molecule has 2 aliphatic rings. The van der Waals surface area contributed by atoms with Crippen LogP contribution in [-0.2, 0) is 17.6 Å². The third-order valence-corrected chi connectivity index (χ3v) is 6.24. The quantitative estimate of drug-likeness (QED) is 0.476. The van der Waals surface area contributed by atoms with E-state index in [0.717, 1.165) is 12.8 Å². The number of nitrogens with one attached hydrogen (secondary N) is 1. The van der Waals surface area contributed by atoms with E-state index in [2.05, 4.69) is 15.3 Å². The van der Waals surface area contributed by atoms with Crippen molar-refractivity contribution in [3.8, 4) is 0 Å². The van der Waals surface area contributed by atoms with Crippen molar-refractivity contribution in [2.45, 2.75) is 43.5 Å². The van der Waals surface area contributed by atoms with Gasteiger partial charge in [-0.1, -0.05) is 18.2 Å². The standard InChI is InChI=1S/C22H25N5O5/c1-26(2)22(31)25-19-14-7-8-27(20(14)24-10-23-19)21-17(30)16(29)18(32-21)15(28)13-6-4-11-3-5-12(11)9-13/h4,6-10,15-18,21,28-30H,3,5H2,1-2H3,(H,23,24,25,31)/t15-,16+,17-,18-,21-/m1/s1. The Morgan fingerprint density at radius 1 is 1.19 bits per heavy atom. The summed E-state index contributed by atoms with van der Waals surface area (Å²) >= 11 is 0. The number of fused-ring (bicyclic) bond motifs is 2. The molecule has 3 heterocycles. The van der Waals surface area contributed by atoms with Crippen LogP contribution in [0.5, 0.6) is 0 Å². The Labute approximate surface area is 184 Å². The maximum Gasteiger partial charge on any atom is 0.322 e. The van der Waals surface area contributed by atoms with Crippen LogP contribution in [0.3, 0.4) is 0 Å². The van der Waals surface area contributed by atoms with Gasteiger partial charge in [0.25, 0.3) is 0 Å². The van der Waals surface area contributed by atoms with Gasteiger partial charge in [0.1, 0.15) is 42.2 Å². The van der Waals surface area contributed by atoms with Gasteiger partial charge in [-0.25, -0.2) is 14.8 Å². The number of aryl methyl sites for hydroxylation is 2. The minimum atomic E-state index is -1.30. The van der Waals surface area contributed by atoms with Crippen molar-refractivity contribution in [1.29, 1.82) is 0 Å². The van der Waals surface area contributed by atoms with E-state index in [1.807, 2.05) is 18.2 Å². The van der Waals surface area contributed by atoms with Crippen molar-refractivity contribution < 1.29 is 24.9 Å². The number of urea groups is 1. The molecule has 10 nitrogen and oxygen atoms in total. The van der Waals surface area contributed by atoms with Crippen molar-refractivity contribution in [3.05, 3.63) is 53.5 Å². The number of amides is 2. The van der Waals surface area contributed by atoms with Crippen LogP contribution in [-0.4, -0.2) is 73.2 Å². The number of carbonyl (C=O) groups is 1. The molecule has 5 rings (SSSR count).